The summed E-state index contributed by atoms with van der Waals surface area (Å²) in [6.07, 6.45) is 0. The van der Waals surface area contributed by atoms with E-state index in [9.17, 15) is 4.79 Å². The normalized spacial score (nSPS) is 14.5. The van der Waals surface area contributed by atoms with E-state index in [4.69, 9.17) is 9.47 Å². The number of carbonyl (C=O) groups excluding carboxylic acids is 1. The Labute approximate surface area is 229 Å². The molecule has 1 aliphatic rings. The number of aryl methyl sites for hydroxylation is 2. The fraction of sp³-hybridized carbons (Fsp3) is 0.214. The second kappa shape index (κ2) is 10.7. The van der Waals surface area contributed by atoms with Crippen LogP contribution < -0.4 is 20.1 Å². The van der Waals surface area contributed by atoms with Gasteiger partial charge in [-0.15, -0.1) is 0 Å². The van der Waals surface area contributed by atoms with Gasteiger partial charge in [0.05, 0.1) is 17.2 Å². The van der Waals surface area contributed by atoms with E-state index in [2.05, 4.69) is 48.2 Å². The molecule has 1 amide bonds. The molecule has 1 atom stereocenters. The smallest absolute Gasteiger partial charge is 0.255 e. The van der Waals surface area contributed by atoms with Crippen molar-refractivity contribution in [1.29, 1.82) is 0 Å². The molecule has 9 nitrogen and oxygen atoms in total. The first-order chi connectivity index (χ1) is 18.4. The maximum absolute atomic E-state index is 13.7. The van der Waals surface area contributed by atoms with Crippen LogP contribution in [0.15, 0.2) is 76.4 Å². The molecule has 194 valence electrons. The van der Waals surface area contributed by atoms with Gasteiger partial charge < -0.3 is 20.1 Å². The number of halogens is 1. The Morgan fingerprint density at radius 3 is 2.68 bits per heavy atom. The van der Waals surface area contributed by atoms with Crippen molar-refractivity contribution in [3.8, 4) is 11.5 Å². The van der Waals surface area contributed by atoms with Crippen LogP contribution in [0.3, 0.4) is 0 Å². The second-order valence-electron chi connectivity index (χ2n) is 9.09. The van der Waals surface area contributed by atoms with Crippen LogP contribution in [0.2, 0.25) is 0 Å². The molecular formula is C28H27BrN6O3. The Morgan fingerprint density at radius 2 is 1.92 bits per heavy atom. The lowest BCUT2D eigenvalue weighted by molar-refractivity contribution is -0.113. The number of para-hydroxylation sites is 1. The fourth-order valence-electron chi connectivity index (χ4n) is 4.51. The van der Waals surface area contributed by atoms with Crippen LogP contribution in [0, 0.1) is 13.8 Å². The summed E-state index contributed by atoms with van der Waals surface area (Å²) in [6, 6.07) is 18.9. The van der Waals surface area contributed by atoms with E-state index < -0.39 is 6.04 Å². The molecule has 1 aliphatic heterocycles. The van der Waals surface area contributed by atoms with Crippen molar-refractivity contribution in [2.75, 3.05) is 17.7 Å². The zero-order chi connectivity index (χ0) is 26.8. The second-order valence-corrected chi connectivity index (χ2v) is 9.95. The minimum absolute atomic E-state index is 0.259. The fourth-order valence-corrected chi connectivity index (χ4v) is 5.09. The molecule has 3 aromatic carbocycles. The molecule has 0 bridgehead atoms. The predicted molar refractivity (Wildman–Crippen MR) is 148 cm³/mol. The summed E-state index contributed by atoms with van der Waals surface area (Å²) in [7, 11) is 1.59. The van der Waals surface area contributed by atoms with E-state index >= 15 is 0 Å². The molecular weight excluding hydrogens is 548 g/mol. The third-order valence-electron chi connectivity index (χ3n) is 6.39. The lowest BCUT2D eigenvalue weighted by Crippen LogP contribution is -2.31. The average molecular weight is 575 g/mol. The Balaban J connectivity index is 1.52. The number of anilines is 2. The number of hydrogen-bond donors (Lipinski definition) is 2. The molecule has 0 aliphatic carbocycles. The minimum Gasteiger partial charge on any atom is -0.493 e. The van der Waals surface area contributed by atoms with Gasteiger partial charge in [0, 0.05) is 11.4 Å². The van der Waals surface area contributed by atoms with Gasteiger partial charge in [-0.05, 0) is 82.0 Å². The number of hydrogen-bond acceptors (Lipinski definition) is 7. The quantitative estimate of drug-likeness (QED) is 0.297. The van der Waals surface area contributed by atoms with Gasteiger partial charge in [0.1, 0.15) is 12.6 Å². The number of tetrazole rings is 1. The van der Waals surface area contributed by atoms with Crippen molar-refractivity contribution >= 4 is 33.5 Å². The number of amides is 1. The highest BCUT2D eigenvalue weighted by Gasteiger charge is 2.35. The molecule has 2 heterocycles. The Kier molecular flexibility index (Phi) is 7.15. The SMILES string of the molecule is COc1cc(C2C(C(=O)Nc3ccccc3C)=C(C)Nc3nnnn32)cc(Br)c1OCc1cccc(C)c1. The number of nitrogens with zero attached hydrogens (tertiary/aromatic N) is 4. The number of allylic oxidation sites excluding steroid dienone is 1. The van der Waals surface area contributed by atoms with Gasteiger partial charge in [-0.25, -0.2) is 0 Å². The zero-order valence-electron chi connectivity index (χ0n) is 21.4. The summed E-state index contributed by atoms with van der Waals surface area (Å²) in [5, 5.41) is 18.3. The Hall–Kier alpha value is -4.18. The van der Waals surface area contributed by atoms with Crippen LogP contribution in [0.5, 0.6) is 11.5 Å². The van der Waals surface area contributed by atoms with E-state index in [1.165, 1.54) is 0 Å². The summed E-state index contributed by atoms with van der Waals surface area (Å²) in [5.74, 6) is 1.27. The molecule has 0 saturated heterocycles. The number of carbonyl (C=O) groups is 1. The van der Waals surface area contributed by atoms with E-state index in [1.54, 1.807) is 11.8 Å². The van der Waals surface area contributed by atoms with E-state index in [0.29, 0.717) is 39.8 Å². The van der Waals surface area contributed by atoms with Crippen LogP contribution in [-0.2, 0) is 11.4 Å². The number of benzene rings is 3. The van der Waals surface area contributed by atoms with Gasteiger partial charge in [0.25, 0.3) is 5.91 Å². The van der Waals surface area contributed by atoms with Gasteiger partial charge >= 0.3 is 0 Å². The highest BCUT2D eigenvalue weighted by molar-refractivity contribution is 9.10. The lowest BCUT2D eigenvalue weighted by Gasteiger charge is -2.28. The molecule has 0 fully saturated rings. The maximum atomic E-state index is 13.7. The summed E-state index contributed by atoms with van der Waals surface area (Å²) in [6.45, 7) is 6.21. The molecule has 2 N–H and O–H groups in total. The van der Waals surface area contributed by atoms with Crippen molar-refractivity contribution in [3.05, 3.63) is 98.7 Å². The summed E-state index contributed by atoms with van der Waals surface area (Å²) >= 11 is 3.66. The molecule has 0 spiro atoms. The molecule has 5 rings (SSSR count). The topological polar surface area (TPSA) is 103 Å². The van der Waals surface area contributed by atoms with E-state index in [1.807, 2.05) is 75.4 Å². The highest BCUT2D eigenvalue weighted by Crippen LogP contribution is 2.43. The number of fused-ring (bicyclic) bond motifs is 1. The number of methoxy groups -OCH3 is 1. The standard InChI is InChI=1S/C28H27BrN6O3/c1-16-8-7-10-19(12-16)15-38-26-21(29)13-20(14-23(26)37-4)25-24(18(3)30-28-32-33-34-35(25)28)27(36)31-22-11-6-5-9-17(22)2/h5-14,25H,15H2,1-4H3,(H,31,36)(H,30,32,34). The van der Waals surface area contributed by atoms with Crippen LogP contribution in [0.1, 0.15) is 35.2 Å². The van der Waals surface area contributed by atoms with Gasteiger partial charge in [-0.3, -0.25) is 4.79 Å². The van der Waals surface area contributed by atoms with Crippen molar-refractivity contribution in [1.82, 2.24) is 20.2 Å². The van der Waals surface area contributed by atoms with Crippen LogP contribution in [-0.4, -0.2) is 33.2 Å². The van der Waals surface area contributed by atoms with Crippen molar-refractivity contribution < 1.29 is 14.3 Å². The van der Waals surface area contributed by atoms with Gasteiger partial charge in [-0.2, -0.15) is 4.68 Å². The van der Waals surface area contributed by atoms with Crippen molar-refractivity contribution in [3.63, 3.8) is 0 Å². The number of ether oxygens (including phenoxy) is 2. The highest BCUT2D eigenvalue weighted by atomic mass is 79.9. The Morgan fingerprint density at radius 1 is 1.11 bits per heavy atom. The van der Waals surface area contributed by atoms with Crippen molar-refractivity contribution in [2.45, 2.75) is 33.4 Å². The molecule has 4 aromatic rings. The third kappa shape index (κ3) is 4.99. The van der Waals surface area contributed by atoms with Gasteiger partial charge in [-0.1, -0.05) is 53.1 Å². The maximum Gasteiger partial charge on any atom is 0.255 e. The largest absolute Gasteiger partial charge is 0.493 e. The van der Waals surface area contributed by atoms with E-state index in [-0.39, 0.29) is 5.91 Å². The molecule has 0 radical (unpaired) electrons. The summed E-state index contributed by atoms with van der Waals surface area (Å²) in [4.78, 5) is 13.7. The van der Waals surface area contributed by atoms with E-state index in [0.717, 1.165) is 27.9 Å². The van der Waals surface area contributed by atoms with Crippen LogP contribution in [0.4, 0.5) is 11.6 Å². The summed E-state index contributed by atoms with van der Waals surface area (Å²) in [5.41, 5.74) is 5.79. The lowest BCUT2D eigenvalue weighted by atomic mass is 9.94. The molecule has 10 heteroatoms. The minimum atomic E-state index is -0.610. The number of aromatic nitrogens is 4. The summed E-state index contributed by atoms with van der Waals surface area (Å²) < 4.78 is 14.2. The zero-order valence-corrected chi connectivity index (χ0v) is 23.0. The van der Waals surface area contributed by atoms with Gasteiger partial charge in [0.2, 0.25) is 5.95 Å². The molecule has 1 aromatic heterocycles. The van der Waals surface area contributed by atoms with Crippen LogP contribution >= 0.6 is 15.9 Å². The predicted octanol–water partition coefficient (Wildman–Crippen LogP) is 5.57. The molecule has 0 saturated carbocycles. The molecule has 38 heavy (non-hydrogen) atoms. The average Bonchev–Trinajstić information content (AvgIpc) is 3.36. The third-order valence-corrected chi connectivity index (χ3v) is 6.97. The van der Waals surface area contributed by atoms with Crippen LogP contribution in [0.25, 0.3) is 0 Å². The first-order valence-corrected chi connectivity index (χ1v) is 12.8. The first kappa shape index (κ1) is 25.5. The Bertz CT molecular complexity index is 1550. The van der Waals surface area contributed by atoms with Crippen molar-refractivity contribution in [2.24, 2.45) is 0 Å². The molecule has 1 unspecified atom stereocenters. The van der Waals surface area contributed by atoms with Gasteiger partial charge in [0.15, 0.2) is 11.5 Å². The number of rotatable bonds is 7. The monoisotopic (exact) mass is 574 g/mol. The first-order valence-electron chi connectivity index (χ1n) is 12.0. The number of nitrogens with one attached hydrogen (secondary N) is 2.